The Morgan fingerprint density at radius 2 is 2.00 bits per heavy atom. The highest BCUT2D eigenvalue weighted by Gasteiger charge is 2.44. The number of Topliss-reactive ketones (excluding diaryl/α,β-unsaturated/α-hetero) is 1. The maximum atomic E-state index is 13.6. The quantitative estimate of drug-likeness (QED) is 0.319. The minimum absolute atomic E-state index is 0.0373. The van der Waals surface area contributed by atoms with Crippen LogP contribution in [0, 0.1) is 6.92 Å². The number of fused-ring (bicyclic) bond motifs is 1. The van der Waals surface area contributed by atoms with Gasteiger partial charge >= 0.3 is 0 Å². The summed E-state index contributed by atoms with van der Waals surface area (Å²) in [4.78, 5) is 29.2. The number of amides is 1. The van der Waals surface area contributed by atoms with E-state index in [2.05, 4.69) is 15.9 Å². The van der Waals surface area contributed by atoms with Gasteiger partial charge in [0.05, 0.1) is 18.2 Å². The lowest BCUT2D eigenvalue weighted by Crippen LogP contribution is -2.30. The van der Waals surface area contributed by atoms with Gasteiger partial charge in [0.25, 0.3) is 5.91 Å². The van der Waals surface area contributed by atoms with Gasteiger partial charge in [0.2, 0.25) is 5.78 Å². The van der Waals surface area contributed by atoms with Crippen LogP contribution in [0.5, 0.6) is 0 Å². The second kappa shape index (κ2) is 8.07. The predicted octanol–water partition coefficient (Wildman–Crippen LogP) is 6.34. The molecule has 1 atom stereocenters. The maximum Gasteiger partial charge on any atom is 0.290 e. The smallest absolute Gasteiger partial charge is 0.290 e. The number of aryl methyl sites for hydroxylation is 1. The van der Waals surface area contributed by atoms with Crippen LogP contribution in [0.15, 0.2) is 86.3 Å². The van der Waals surface area contributed by atoms with Crippen LogP contribution in [0.2, 0.25) is 0 Å². The van der Waals surface area contributed by atoms with E-state index in [1.807, 2.05) is 60.8 Å². The van der Waals surface area contributed by atoms with E-state index in [4.69, 9.17) is 4.42 Å². The van der Waals surface area contributed by atoms with Crippen molar-refractivity contribution in [1.29, 1.82) is 0 Å². The van der Waals surface area contributed by atoms with Gasteiger partial charge in [0, 0.05) is 14.7 Å². The summed E-state index contributed by atoms with van der Waals surface area (Å²) in [5.41, 5.74) is 2.36. The number of carbonyl (C=O) groups excluding carboxylic acids is 2. The third kappa shape index (κ3) is 3.57. The van der Waals surface area contributed by atoms with Crippen molar-refractivity contribution in [3.63, 3.8) is 0 Å². The number of aliphatic hydroxyl groups excluding tert-OH is 1. The number of benzene rings is 2. The molecular formula is C25H18BrNO4S. The highest BCUT2D eigenvalue weighted by Crippen LogP contribution is 2.41. The van der Waals surface area contributed by atoms with E-state index < -0.39 is 23.5 Å². The summed E-state index contributed by atoms with van der Waals surface area (Å²) in [6.45, 7) is 2.25. The number of carbonyl (C=O) groups is 2. The average Bonchev–Trinajstić information content (AvgIpc) is 3.48. The van der Waals surface area contributed by atoms with Crippen LogP contribution in [0.4, 0.5) is 0 Å². The van der Waals surface area contributed by atoms with Gasteiger partial charge < -0.3 is 14.4 Å². The van der Waals surface area contributed by atoms with Gasteiger partial charge in [-0.1, -0.05) is 51.8 Å². The number of aliphatic hydroxyl groups is 1. The largest absolute Gasteiger partial charge is 0.503 e. The SMILES string of the molecule is Cc1cccc(C2C(C(=O)c3cc4cc(Br)ccc4o3)=C(O)C(=O)N2Cc2cccs2)c1. The molecule has 1 aliphatic rings. The number of rotatable bonds is 5. The molecule has 32 heavy (non-hydrogen) atoms. The third-order valence-electron chi connectivity index (χ3n) is 5.51. The minimum atomic E-state index is -0.711. The van der Waals surface area contributed by atoms with Crippen molar-refractivity contribution in [1.82, 2.24) is 4.90 Å². The number of hydrogen-bond acceptors (Lipinski definition) is 5. The third-order valence-corrected chi connectivity index (χ3v) is 6.87. The Balaban J connectivity index is 1.61. The van der Waals surface area contributed by atoms with Crippen LogP contribution in [-0.4, -0.2) is 21.7 Å². The fourth-order valence-electron chi connectivity index (χ4n) is 4.06. The van der Waals surface area contributed by atoms with Crippen molar-refractivity contribution in [2.75, 3.05) is 0 Å². The first-order valence-corrected chi connectivity index (χ1v) is 11.7. The molecule has 7 heteroatoms. The summed E-state index contributed by atoms with van der Waals surface area (Å²) in [5.74, 6) is -1.50. The Kier molecular flexibility index (Phi) is 5.23. The molecule has 0 fully saturated rings. The van der Waals surface area contributed by atoms with E-state index >= 15 is 0 Å². The molecule has 0 saturated heterocycles. The fourth-order valence-corrected chi connectivity index (χ4v) is 5.15. The number of ketones is 1. The molecule has 0 bridgehead atoms. The second-order valence-electron chi connectivity index (χ2n) is 7.71. The van der Waals surface area contributed by atoms with Gasteiger partial charge in [-0.15, -0.1) is 11.3 Å². The fraction of sp³-hybridized carbons (Fsp3) is 0.120. The second-order valence-corrected chi connectivity index (χ2v) is 9.66. The summed E-state index contributed by atoms with van der Waals surface area (Å²) in [6.07, 6.45) is 0. The number of nitrogens with zero attached hydrogens (tertiary/aromatic N) is 1. The predicted molar refractivity (Wildman–Crippen MR) is 127 cm³/mol. The Hall–Kier alpha value is -3.16. The zero-order valence-electron chi connectivity index (χ0n) is 17.0. The van der Waals surface area contributed by atoms with Crippen molar-refractivity contribution in [2.45, 2.75) is 19.5 Å². The normalized spacial score (nSPS) is 16.4. The molecule has 1 unspecified atom stereocenters. The van der Waals surface area contributed by atoms with E-state index in [1.54, 1.807) is 17.0 Å². The first-order valence-electron chi connectivity index (χ1n) is 9.99. The lowest BCUT2D eigenvalue weighted by molar-refractivity contribution is -0.130. The topological polar surface area (TPSA) is 70.7 Å². The van der Waals surface area contributed by atoms with Gasteiger partial charge in [0.15, 0.2) is 11.5 Å². The van der Waals surface area contributed by atoms with Crippen molar-refractivity contribution in [3.8, 4) is 0 Å². The van der Waals surface area contributed by atoms with Gasteiger partial charge in [-0.05, 0) is 48.2 Å². The Labute approximate surface area is 196 Å². The molecule has 160 valence electrons. The van der Waals surface area contributed by atoms with E-state index in [-0.39, 0.29) is 11.3 Å². The number of thiophene rings is 1. The number of furan rings is 1. The molecular weight excluding hydrogens is 490 g/mol. The summed E-state index contributed by atoms with van der Waals surface area (Å²) < 4.78 is 6.65. The Morgan fingerprint density at radius 3 is 2.75 bits per heavy atom. The zero-order chi connectivity index (χ0) is 22.4. The lowest BCUT2D eigenvalue weighted by Gasteiger charge is -2.26. The molecule has 0 radical (unpaired) electrons. The van der Waals surface area contributed by atoms with E-state index in [0.29, 0.717) is 12.1 Å². The maximum absolute atomic E-state index is 13.6. The van der Waals surface area contributed by atoms with Crippen molar-refractivity contribution < 1.29 is 19.1 Å². The molecule has 1 amide bonds. The number of hydrogen-bond donors (Lipinski definition) is 1. The molecule has 0 spiro atoms. The molecule has 1 N–H and O–H groups in total. The van der Waals surface area contributed by atoms with Crippen molar-refractivity contribution in [3.05, 3.63) is 104 Å². The lowest BCUT2D eigenvalue weighted by atomic mass is 9.94. The van der Waals surface area contributed by atoms with E-state index in [9.17, 15) is 14.7 Å². The highest BCUT2D eigenvalue weighted by molar-refractivity contribution is 9.10. The van der Waals surface area contributed by atoms with Crippen LogP contribution < -0.4 is 0 Å². The highest BCUT2D eigenvalue weighted by atomic mass is 79.9. The van der Waals surface area contributed by atoms with Crippen molar-refractivity contribution in [2.24, 2.45) is 0 Å². The molecule has 4 aromatic rings. The molecule has 0 aliphatic carbocycles. The van der Waals surface area contributed by atoms with Crippen LogP contribution in [0.3, 0.4) is 0 Å². The molecule has 5 nitrogen and oxygen atoms in total. The van der Waals surface area contributed by atoms with Crippen LogP contribution >= 0.6 is 27.3 Å². The van der Waals surface area contributed by atoms with Gasteiger partial charge in [-0.2, -0.15) is 0 Å². The van der Waals surface area contributed by atoms with Crippen molar-refractivity contribution >= 4 is 49.9 Å². The molecule has 2 aromatic heterocycles. The Morgan fingerprint density at radius 1 is 1.16 bits per heavy atom. The standard InChI is InChI=1S/C25H18BrNO4S/c1-14-4-2-5-15(10-14)22-21(24(29)25(30)27(22)13-18-6-3-9-32-18)23(28)20-12-16-11-17(26)7-8-19(16)31-20/h2-12,22,29H,13H2,1H3. The summed E-state index contributed by atoms with van der Waals surface area (Å²) in [5, 5.41) is 13.5. The molecule has 0 saturated carbocycles. The van der Waals surface area contributed by atoms with Crippen LogP contribution in [-0.2, 0) is 11.3 Å². The van der Waals surface area contributed by atoms with Gasteiger partial charge in [0.1, 0.15) is 5.58 Å². The molecule has 1 aliphatic heterocycles. The first kappa shape index (κ1) is 20.7. The molecule has 5 rings (SSSR count). The zero-order valence-corrected chi connectivity index (χ0v) is 19.4. The summed E-state index contributed by atoms with van der Waals surface area (Å²) in [7, 11) is 0. The summed E-state index contributed by atoms with van der Waals surface area (Å²) >= 11 is 4.94. The molecule has 2 aromatic carbocycles. The number of halogens is 1. The summed E-state index contributed by atoms with van der Waals surface area (Å²) in [6, 6.07) is 17.9. The van der Waals surface area contributed by atoms with Gasteiger partial charge in [-0.3, -0.25) is 9.59 Å². The van der Waals surface area contributed by atoms with E-state index in [1.165, 1.54) is 11.3 Å². The first-order chi connectivity index (χ1) is 15.4. The monoisotopic (exact) mass is 507 g/mol. The minimum Gasteiger partial charge on any atom is -0.503 e. The Bertz CT molecular complexity index is 1390. The van der Waals surface area contributed by atoms with Crippen LogP contribution in [0.25, 0.3) is 11.0 Å². The van der Waals surface area contributed by atoms with Gasteiger partial charge in [-0.25, -0.2) is 0 Å². The molecule has 3 heterocycles. The van der Waals surface area contributed by atoms with Crippen LogP contribution in [0.1, 0.15) is 32.6 Å². The average molecular weight is 508 g/mol. The van der Waals surface area contributed by atoms with E-state index in [0.717, 1.165) is 25.9 Å².